The highest BCUT2D eigenvalue weighted by molar-refractivity contribution is 8.00. The van der Waals surface area contributed by atoms with Gasteiger partial charge in [-0.15, -0.1) is 11.3 Å². The number of carbonyl (C=O) groups is 2. The van der Waals surface area contributed by atoms with E-state index in [9.17, 15) is 9.59 Å². The van der Waals surface area contributed by atoms with Gasteiger partial charge in [-0.3, -0.25) is 4.79 Å². The third-order valence-corrected chi connectivity index (χ3v) is 8.58. The van der Waals surface area contributed by atoms with Crippen molar-refractivity contribution in [3.05, 3.63) is 22.4 Å². The van der Waals surface area contributed by atoms with Gasteiger partial charge in [-0.25, -0.2) is 4.79 Å². The molecule has 0 spiro atoms. The Balaban J connectivity index is 1.20. The maximum absolute atomic E-state index is 12.5. The molecular weight excluding hydrogens is 378 g/mol. The first-order valence-corrected chi connectivity index (χ1v) is 12.1. The highest BCUT2D eigenvalue weighted by Crippen LogP contribution is 2.37. The zero-order valence-electron chi connectivity index (χ0n) is 15.6. The SMILES string of the molecule is O=C(CCCC[C@@H]1SC[C@@H]2NC(=O)N[C@@H]21)NC(c1cccs1)C1CCCC1. The average molecular weight is 408 g/mol. The van der Waals surface area contributed by atoms with E-state index in [-0.39, 0.29) is 30.1 Å². The van der Waals surface area contributed by atoms with Gasteiger partial charge in [0.15, 0.2) is 0 Å². The van der Waals surface area contributed by atoms with Crippen LogP contribution in [0.3, 0.4) is 0 Å². The van der Waals surface area contributed by atoms with Crippen LogP contribution in [0, 0.1) is 5.92 Å². The Labute approximate surface area is 169 Å². The van der Waals surface area contributed by atoms with Crippen molar-refractivity contribution >= 4 is 35.0 Å². The van der Waals surface area contributed by atoms with Crippen molar-refractivity contribution in [1.82, 2.24) is 16.0 Å². The molecule has 1 saturated carbocycles. The van der Waals surface area contributed by atoms with E-state index in [0.29, 0.717) is 17.6 Å². The number of carbonyl (C=O) groups excluding carboxylic acids is 2. The summed E-state index contributed by atoms with van der Waals surface area (Å²) in [7, 11) is 0. The molecule has 2 saturated heterocycles. The van der Waals surface area contributed by atoms with Crippen molar-refractivity contribution < 1.29 is 9.59 Å². The molecule has 148 valence electrons. The van der Waals surface area contributed by atoms with Gasteiger partial charge in [-0.2, -0.15) is 11.8 Å². The molecule has 1 unspecified atom stereocenters. The van der Waals surface area contributed by atoms with E-state index < -0.39 is 0 Å². The van der Waals surface area contributed by atoms with E-state index in [1.807, 2.05) is 11.8 Å². The van der Waals surface area contributed by atoms with Gasteiger partial charge < -0.3 is 16.0 Å². The van der Waals surface area contributed by atoms with Gasteiger partial charge in [0.05, 0.1) is 18.1 Å². The van der Waals surface area contributed by atoms with Crippen LogP contribution in [-0.2, 0) is 4.79 Å². The fraction of sp³-hybridized carbons (Fsp3) is 0.700. The lowest BCUT2D eigenvalue weighted by Crippen LogP contribution is -2.36. The van der Waals surface area contributed by atoms with Crippen LogP contribution < -0.4 is 16.0 Å². The molecule has 27 heavy (non-hydrogen) atoms. The number of rotatable bonds is 8. The topological polar surface area (TPSA) is 70.2 Å². The molecule has 1 aromatic rings. The minimum absolute atomic E-state index is 0.0267. The molecule has 7 heteroatoms. The van der Waals surface area contributed by atoms with E-state index in [0.717, 1.165) is 25.0 Å². The van der Waals surface area contributed by atoms with Crippen LogP contribution in [-0.4, -0.2) is 35.0 Å². The molecular formula is C20H29N3O2S2. The Kier molecular flexibility index (Phi) is 6.28. The third kappa shape index (κ3) is 4.62. The van der Waals surface area contributed by atoms with Gasteiger partial charge >= 0.3 is 6.03 Å². The summed E-state index contributed by atoms with van der Waals surface area (Å²) in [5.41, 5.74) is 0. The molecule has 0 aromatic carbocycles. The lowest BCUT2D eigenvalue weighted by molar-refractivity contribution is -0.122. The molecule has 5 nitrogen and oxygen atoms in total. The van der Waals surface area contributed by atoms with E-state index in [2.05, 4.69) is 33.5 Å². The monoisotopic (exact) mass is 407 g/mol. The molecule has 3 amide bonds. The predicted octanol–water partition coefficient (Wildman–Crippen LogP) is 3.82. The number of hydrogen-bond acceptors (Lipinski definition) is 4. The summed E-state index contributed by atoms with van der Waals surface area (Å²) >= 11 is 3.70. The van der Waals surface area contributed by atoms with Crippen LogP contribution in [0.15, 0.2) is 17.5 Å². The standard InChI is InChI=1S/C20H29N3O2S2/c24-17(22-18(13-6-1-2-7-13)15-9-5-11-26-15)10-4-3-8-16-19-14(12-27-16)21-20(25)23-19/h5,9,11,13-14,16,18-19H,1-4,6-8,10,12H2,(H,22,24)(H2,21,23,25)/t14-,16-,18?,19-/m0/s1. The van der Waals surface area contributed by atoms with Crippen LogP contribution in [0.1, 0.15) is 62.3 Å². The van der Waals surface area contributed by atoms with Crippen LogP contribution in [0.2, 0.25) is 0 Å². The van der Waals surface area contributed by atoms with E-state index in [4.69, 9.17) is 0 Å². The molecule has 4 atom stereocenters. The van der Waals surface area contributed by atoms with Crippen molar-refractivity contribution in [2.75, 3.05) is 5.75 Å². The van der Waals surface area contributed by atoms with Gasteiger partial charge in [-0.1, -0.05) is 25.3 Å². The molecule has 3 fully saturated rings. The zero-order valence-corrected chi connectivity index (χ0v) is 17.2. The van der Waals surface area contributed by atoms with Crippen LogP contribution in [0.25, 0.3) is 0 Å². The number of urea groups is 1. The Bertz CT molecular complexity index is 646. The number of fused-ring (bicyclic) bond motifs is 1. The van der Waals surface area contributed by atoms with Gasteiger partial charge in [0.25, 0.3) is 0 Å². The van der Waals surface area contributed by atoms with Crippen molar-refractivity contribution in [2.45, 2.75) is 74.7 Å². The molecule has 4 rings (SSSR count). The van der Waals surface area contributed by atoms with Crippen LogP contribution in [0.5, 0.6) is 0 Å². The molecule has 1 aliphatic carbocycles. The van der Waals surface area contributed by atoms with Crippen molar-refractivity contribution in [2.24, 2.45) is 5.92 Å². The Morgan fingerprint density at radius 2 is 2.11 bits per heavy atom. The highest BCUT2D eigenvalue weighted by atomic mass is 32.2. The maximum Gasteiger partial charge on any atom is 0.315 e. The molecule has 0 radical (unpaired) electrons. The predicted molar refractivity (Wildman–Crippen MR) is 111 cm³/mol. The molecule has 3 N–H and O–H groups in total. The highest BCUT2D eigenvalue weighted by Gasteiger charge is 2.42. The Morgan fingerprint density at radius 3 is 2.89 bits per heavy atom. The lowest BCUT2D eigenvalue weighted by Gasteiger charge is -2.24. The first kappa shape index (κ1) is 19.1. The van der Waals surface area contributed by atoms with E-state index >= 15 is 0 Å². The zero-order chi connectivity index (χ0) is 18.6. The molecule has 3 heterocycles. The van der Waals surface area contributed by atoms with Gasteiger partial charge in [0.1, 0.15) is 0 Å². The Morgan fingerprint density at radius 1 is 1.26 bits per heavy atom. The molecule has 3 aliphatic rings. The number of unbranched alkanes of at least 4 members (excludes halogenated alkanes) is 1. The van der Waals surface area contributed by atoms with Crippen molar-refractivity contribution in [3.63, 3.8) is 0 Å². The second kappa shape index (κ2) is 8.86. The smallest absolute Gasteiger partial charge is 0.315 e. The second-order valence-corrected chi connectivity index (χ2v) is 10.2. The summed E-state index contributed by atoms with van der Waals surface area (Å²) in [4.78, 5) is 25.3. The first-order valence-electron chi connectivity index (χ1n) is 10.2. The number of hydrogen-bond donors (Lipinski definition) is 3. The Hall–Kier alpha value is -1.21. The summed E-state index contributed by atoms with van der Waals surface area (Å²) in [5, 5.41) is 11.9. The largest absolute Gasteiger partial charge is 0.348 e. The maximum atomic E-state index is 12.5. The van der Waals surface area contributed by atoms with Gasteiger partial charge in [0, 0.05) is 22.3 Å². The minimum atomic E-state index is -0.0267. The average Bonchev–Trinajstić information content (AvgIpc) is 3.42. The van der Waals surface area contributed by atoms with Gasteiger partial charge in [-0.05, 0) is 43.0 Å². The molecule has 2 aliphatic heterocycles. The third-order valence-electron chi connectivity index (χ3n) is 6.12. The van der Waals surface area contributed by atoms with E-state index in [1.165, 1.54) is 30.6 Å². The normalized spacial score (nSPS) is 28.6. The number of thioether (sulfide) groups is 1. The summed E-state index contributed by atoms with van der Waals surface area (Å²) in [6.07, 6.45) is 8.65. The summed E-state index contributed by atoms with van der Waals surface area (Å²) in [5.74, 6) is 1.78. The second-order valence-electron chi connectivity index (χ2n) is 7.97. The number of amides is 3. The van der Waals surface area contributed by atoms with Gasteiger partial charge in [0.2, 0.25) is 5.91 Å². The first-order chi connectivity index (χ1) is 13.2. The fourth-order valence-corrected chi connectivity index (χ4v) is 7.11. The summed E-state index contributed by atoms with van der Waals surface area (Å²) in [6, 6.07) is 4.96. The van der Waals surface area contributed by atoms with E-state index in [1.54, 1.807) is 11.3 Å². The number of nitrogens with one attached hydrogen (secondary N) is 3. The molecule has 0 bridgehead atoms. The lowest BCUT2D eigenvalue weighted by atomic mass is 9.96. The van der Waals surface area contributed by atoms with Crippen molar-refractivity contribution in [1.29, 1.82) is 0 Å². The van der Waals surface area contributed by atoms with Crippen molar-refractivity contribution in [3.8, 4) is 0 Å². The quantitative estimate of drug-likeness (QED) is 0.453. The van der Waals surface area contributed by atoms with Crippen LogP contribution >= 0.6 is 23.1 Å². The van der Waals surface area contributed by atoms with Crippen LogP contribution in [0.4, 0.5) is 4.79 Å². The summed E-state index contributed by atoms with van der Waals surface area (Å²) < 4.78 is 0. The fourth-order valence-electron chi connectivity index (χ4n) is 4.70. The molecule has 1 aromatic heterocycles. The number of thiophene rings is 1. The summed E-state index contributed by atoms with van der Waals surface area (Å²) in [6.45, 7) is 0. The minimum Gasteiger partial charge on any atom is -0.348 e.